The smallest absolute Gasteiger partial charge is 0.0620 e. The maximum Gasteiger partial charge on any atom is 0.0620 e. The van der Waals surface area contributed by atoms with Crippen LogP contribution < -0.4 is 5.73 Å². The van der Waals surface area contributed by atoms with Crippen LogP contribution in [0.2, 0.25) is 0 Å². The molecule has 0 radical (unpaired) electrons. The van der Waals surface area contributed by atoms with Gasteiger partial charge in [-0.2, -0.15) is 0 Å². The molecule has 0 saturated carbocycles. The standard InChI is InChI=1S/C7H9BrN2.C2H6/c1-4-3-10-5(2)6(8)7(4)9;1-2/h3H,1-2H3,(H2,9,10);1-2H3. The van der Waals surface area contributed by atoms with Crippen LogP contribution in [0.25, 0.3) is 0 Å². The van der Waals surface area contributed by atoms with E-state index in [0.29, 0.717) is 0 Å². The molecule has 0 spiro atoms. The van der Waals surface area contributed by atoms with E-state index in [4.69, 9.17) is 5.73 Å². The second-order valence-electron chi connectivity index (χ2n) is 2.25. The molecule has 2 N–H and O–H groups in total. The lowest BCUT2D eigenvalue weighted by molar-refractivity contribution is 1.16. The zero-order chi connectivity index (χ0) is 9.72. The third-order valence-electron chi connectivity index (χ3n) is 1.43. The van der Waals surface area contributed by atoms with Crippen molar-refractivity contribution < 1.29 is 0 Å². The van der Waals surface area contributed by atoms with Crippen LogP contribution in [0.5, 0.6) is 0 Å². The van der Waals surface area contributed by atoms with E-state index in [1.165, 1.54) is 0 Å². The minimum absolute atomic E-state index is 0.785. The molecular formula is C9H15BrN2. The Balaban J connectivity index is 0.000000561. The summed E-state index contributed by atoms with van der Waals surface area (Å²) >= 11 is 3.34. The highest BCUT2D eigenvalue weighted by Crippen LogP contribution is 2.24. The summed E-state index contributed by atoms with van der Waals surface area (Å²) in [4.78, 5) is 4.11. The number of aromatic nitrogens is 1. The number of nitrogens with two attached hydrogens (primary N) is 1. The molecule has 1 heterocycles. The van der Waals surface area contributed by atoms with Crippen molar-refractivity contribution in [3.63, 3.8) is 0 Å². The van der Waals surface area contributed by atoms with Crippen molar-refractivity contribution in [2.45, 2.75) is 27.7 Å². The van der Waals surface area contributed by atoms with E-state index in [9.17, 15) is 0 Å². The third-order valence-corrected chi connectivity index (χ3v) is 2.43. The third kappa shape index (κ3) is 2.48. The lowest BCUT2D eigenvalue weighted by atomic mass is 10.2. The van der Waals surface area contributed by atoms with Gasteiger partial charge in [0.1, 0.15) is 0 Å². The minimum Gasteiger partial charge on any atom is -0.397 e. The molecule has 2 nitrogen and oxygen atoms in total. The molecule has 3 heteroatoms. The molecule has 0 aromatic carbocycles. The number of pyridine rings is 1. The molecule has 1 rings (SSSR count). The number of hydrogen-bond donors (Lipinski definition) is 1. The Morgan fingerprint density at radius 2 is 1.83 bits per heavy atom. The van der Waals surface area contributed by atoms with Crippen molar-refractivity contribution in [1.29, 1.82) is 0 Å². The van der Waals surface area contributed by atoms with Crippen LogP contribution >= 0.6 is 15.9 Å². The topological polar surface area (TPSA) is 38.9 Å². The normalized spacial score (nSPS) is 8.75. The molecule has 0 aliphatic heterocycles. The average molecular weight is 231 g/mol. The van der Waals surface area contributed by atoms with Crippen LogP contribution in [-0.2, 0) is 0 Å². The number of aryl methyl sites for hydroxylation is 2. The van der Waals surface area contributed by atoms with Gasteiger partial charge in [-0.1, -0.05) is 13.8 Å². The Kier molecular flexibility index (Phi) is 4.90. The van der Waals surface area contributed by atoms with Gasteiger partial charge in [0.25, 0.3) is 0 Å². The van der Waals surface area contributed by atoms with Crippen LogP contribution in [0.15, 0.2) is 10.7 Å². The van der Waals surface area contributed by atoms with Crippen LogP contribution in [0, 0.1) is 13.8 Å². The van der Waals surface area contributed by atoms with Crippen LogP contribution in [0.1, 0.15) is 25.1 Å². The number of hydrogen-bond acceptors (Lipinski definition) is 2. The predicted molar refractivity (Wildman–Crippen MR) is 57.2 cm³/mol. The molecule has 0 atom stereocenters. The van der Waals surface area contributed by atoms with Crippen LogP contribution in [-0.4, -0.2) is 4.98 Å². The number of nitrogen functional groups attached to an aromatic ring is 1. The summed E-state index contributed by atoms with van der Waals surface area (Å²) < 4.78 is 0.910. The monoisotopic (exact) mass is 230 g/mol. The Bertz CT molecular complexity index is 232. The quantitative estimate of drug-likeness (QED) is 0.745. The molecule has 0 aliphatic carbocycles. The van der Waals surface area contributed by atoms with Gasteiger partial charge in [-0.15, -0.1) is 0 Å². The fourth-order valence-electron chi connectivity index (χ4n) is 0.688. The Morgan fingerprint density at radius 3 is 2.25 bits per heavy atom. The molecule has 0 bridgehead atoms. The van der Waals surface area contributed by atoms with Gasteiger partial charge in [0.15, 0.2) is 0 Å². The fraction of sp³-hybridized carbons (Fsp3) is 0.444. The summed E-state index contributed by atoms with van der Waals surface area (Å²) in [5.41, 5.74) is 8.43. The van der Waals surface area contributed by atoms with Crippen molar-refractivity contribution in [1.82, 2.24) is 4.98 Å². The van der Waals surface area contributed by atoms with Crippen molar-refractivity contribution in [3.05, 3.63) is 21.9 Å². The average Bonchev–Trinajstić information content (AvgIpc) is 2.12. The molecule has 0 aliphatic rings. The zero-order valence-corrected chi connectivity index (χ0v) is 9.57. The summed E-state index contributed by atoms with van der Waals surface area (Å²) in [6.45, 7) is 7.85. The highest BCUT2D eigenvalue weighted by atomic mass is 79.9. The van der Waals surface area contributed by atoms with Gasteiger partial charge in [0.2, 0.25) is 0 Å². The fourth-order valence-corrected chi connectivity index (χ4v) is 1.10. The maximum atomic E-state index is 5.70. The van der Waals surface area contributed by atoms with Crippen molar-refractivity contribution in [3.8, 4) is 0 Å². The molecule has 1 aromatic rings. The van der Waals surface area contributed by atoms with Crippen molar-refractivity contribution >= 4 is 21.6 Å². The number of nitrogens with zero attached hydrogens (tertiary/aromatic N) is 1. The summed E-state index contributed by atoms with van der Waals surface area (Å²) in [5.74, 6) is 0. The summed E-state index contributed by atoms with van der Waals surface area (Å²) in [5, 5.41) is 0. The molecule has 68 valence electrons. The highest BCUT2D eigenvalue weighted by molar-refractivity contribution is 9.10. The Morgan fingerprint density at radius 1 is 1.33 bits per heavy atom. The molecule has 0 unspecified atom stereocenters. The van der Waals surface area contributed by atoms with E-state index < -0.39 is 0 Å². The second-order valence-corrected chi connectivity index (χ2v) is 3.05. The van der Waals surface area contributed by atoms with Gasteiger partial charge >= 0.3 is 0 Å². The lowest BCUT2D eigenvalue weighted by Gasteiger charge is -2.03. The second kappa shape index (κ2) is 5.14. The maximum absolute atomic E-state index is 5.70. The Hall–Kier alpha value is -0.570. The SMILES string of the molecule is CC.Cc1cnc(C)c(Br)c1N. The Labute approximate surface area is 82.3 Å². The van der Waals surface area contributed by atoms with E-state index in [2.05, 4.69) is 20.9 Å². The molecule has 1 aromatic heterocycles. The van der Waals surface area contributed by atoms with E-state index in [0.717, 1.165) is 21.4 Å². The molecular weight excluding hydrogens is 216 g/mol. The highest BCUT2D eigenvalue weighted by Gasteiger charge is 2.01. The van der Waals surface area contributed by atoms with Gasteiger partial charge in [-0.05, 0) is 35.3 Å². The summed E-state index contributed by atoms with van der Waals surface area (Å²) in [6, 6.07) is 0. The molecule has 0 saturated heterocycles. The summed E-state index contributed by atoms with van der Waals surface area (Å²) in [6.07, 6.45) is 1.77. The van der Waals surface area contributed by atoms with E-state index in [1.807, 2.05) is 27.7 Å². The largest absolute Gasteiger partial charge is 0.397 e. The number of anilines is 1. The zero-order valence-electron chi connectivity index (χ0n) is 7.98. The van der Waals surface area contributed by atoms with Gasteiger partial charge in [0.05, 0.1) is 15.9 Å². The van der Waals surface area contributed by atoms with Crippen molar-refractivity contribution in [2.24, 2.45) is 0 Å². The first kappa shape index (κ1) is 11.4. The van der Waals surface area contributed by atoms with Crippen molar-refractivity contribution in [2.75, 3.05) is 5.73 Å². The first-order valence-electron chi connectivity index (χ1n) is 4.00. The van der Waals surface area contributed by atoms with Crippen LogP contribution in [0.3, 0.4) is 0 Å². The number of halogens is 1. The van der Waals surface area contributed by atoms with Gasteiger partial charge < -0.3 is 5.73 Å². The predicted octanol–water partition coefficient (Wildman–Crippen LogP) is 3.07. The first-order valence-corrected chi connectivity index (χ1v) is 4.79. The first-order chi connectivity index (χ1) is 5.63. The van der Waals surface area contributed by atoms with E-state index in [1.54, 1.807) is 6.20 Å². The molecule has 0 fully saturated rings. The lowest BCUT2D eigenvalue weighted by Crippen LogP contribution is -1.94. The van der Waals surface area contributed by atoms with E-state index >= 15 is 0 Å². The van der Waals surface area contributed by atoms with Gasteiger partial charge in [-0.25, -0.2) is 0 Å². The molecule has 12 heavy (non-hydrogen) atoms. The molecule has 0 amide bonds. The van der Waals surface area contributed by atoms with E-state index in [-0.39, 0.29) is 0 Å². The number of rotatable bonds is 0. The van der Waals surface area contributed by atoms with Gasteiger partial charge in [-0.3, -0.25) is 4.98 Å². The van der Waals surface area contributed by atoms with Gasteiger partial charge in [0, 0.05) is 6.20 Å². The minimum atomic E-state index is 0.785. The summed E-state index contributed by atoms with van der Waals surface area (Å²) in [7, 11) is 0. The van der Waals surface area contributed by atoms with Crippen LogP contribution in [0.4, 0.5) is 5.69 Å².